The Bertz CT molecular complexity index is 1020. The van der Waals surface area contributed by atoms with Gasteiger partial charge in [0.2, 0.25) is 0 Å². The number of hydrogen-bond acceptors (Lipinski definition) is 5. The number of aryl methyl sites for hydroxylation is 1. The molecule has 2 aliphatic heterocycles. The third-order valence-corrected chi connectivity index (χ3v) is 7.28. The molecule has 2 aliphatic rings. The molecule has 0 bridgehead atoms. The minimum atomic E-state index is 0.0330. The molecule has 1 fully saturated rings. The molecule has 29 heavy (non-hydrogen) atoms. The first kappa shape index (κ1) is 18.6. The van der Waals surface area contributed by atoms with Gasteiger partial charge in [-0.25, -0.2) is 0 Å². The zero-order chi connectivity index (χ0) is 20.0. The van der Waals surface area contributed by atoms with Crippen LogP contribution in [0.25, 0.3) is 0 Å². The van der Waals surface area contributed by atoms with Crippen LogP contribution in [-0.4, -0.2) is 31.4 Å². The van der Waals surface area contributed by atoms with E-state index in [0.717, 1.165) is 30.2 Å². The largest absolute Gasteiger partial charge is 0.467 e. The van der Waals surface area contributed by atoms with Crippen LogP contribution in [0.3, 0.4) is 0 Å². The van der Waals surface area contributed by atoms with Crippen LogP contribution in [0.1, 0.15) is 53.8 Å². The Kier molecular flexibility index (Phi) is 4.74. The second-order valence-electron chi connectivity index (χ2n) is 7.83. The summed E-state index contributed by atoms with van der Waals surface area (Å²) in [5.41, 5.74) is 4.94. The Morgan fingerprint density at radius 3 is 2.83 bits per heavy atom. The summed E-state index contributed by atoms with van der Waals surface area (Å²) in [5, 5.41) is 1.17. The lowest BCUT2D eigenvalue weighted by Crippen LogP contribution is -2.35. The van der Waals surface area contributed by atoms with Gasteiger partial charge in [0.1, 0.15) is 11.8 Å². The molecule has 150 valence electrons. The molecule has 0 spiro atoms. The lowest BCUT2D eigenvalue weighted by molar-refractivity contribution is 0.254. The highest BCUT2D eigenvalue weighted by molar-refractivity contribution is 8.14. The number of aromatic nitrogens is 2. The number of thioether (sulfide) groups is 1. The monoisotopic (exact) mass is 406 g/mol. The summed E-state index contributed by atoms with van der Waals surface area (Å²) in [7, 11) is 0. The maximum absolute atomic E-state index is 5.61. The summed E-state index contributed by atoms with van der Waals surface area (Å²) in [5.74, 6) is 2.09. The van der Waals surface area contributed by atoms with Gasteiger partial charge in [0.15, 0.2) is 5.17 Å². The highest BCUT2D eigenvalue weighted by atomic mass is 32.2. The van der Waals surface area contributed by atoms with Crippen molar-refractivity contribution in [2.75, 3.05) is 5.75 Å². The maximum atomic E-state index is 5.61. The molecule has 5 nitrogen and oxygen atoms in total. The van der Waals surface area contributed by atoms with E-state index in [-0.39, 0.29) is 12.1 Å². The van der Waals surface area contributed by atoms with Gasteiger partial charge in [-0.05, 0) is 56.2 Å². The molecule has 3 atom stereocenters. The molecule has 0 aliphatic carbocycles. The molecule has 3 aromatic heterocycles. The van der Waals surface area contributed by atoms with E-state index in [1.54, 1.807) is 6.26 Å². The number of furan rings is 1. The second kappa shape index (κ2) is 7.41. The summed E-state index contributed by atoms with van der Waals surface area (Å²) in [4.78, 5) is 12.4. The van der Waals surface area contributed by atoms with Crippen LogP contribution in [-0.2, 0) is 6.54 Å². The number of pyridine rings is 1. The SMILES string of the molecule is CCC1CSC2=NC(c3ccccn3)C(c3cc(C)n(Cc4ccco4)c3C)N21. The highest BCUT2D eigenvalue weighted by Gasteiger charge is 2.46. The van der Waals surface area contributed by atoms with Crippen LogP contribution in [0.15, 0.2) is 58.3 Å². The van der Waals surface area contributed by atoms with E-state index < -0.39 is 0 Å². The average molecular weight is 407 g/mol. The Morgan fingerprint density at radius 2 is 2.10 bits per heavy atom. The molecular formula is C23H26N4OS. The number of aliphatic imine (C=N–C) groups is 1. The smallest absolute Gasteiger partial charge is 0.160 e. The number of nitrogens with zero attached hydrogens (tertiary/aromatic N) is 4. The fraction of sp³-hybridized carbons (Fsp3) is 0.391. The van der Waals surface area contributed by atoms with Crippen molar-refractivity contribution in [2.24, 2.45) is 4.99 Å². The Labute approximate surface area is 175 Å². The Hall–Kier alpha value is -2.47. The molecule has 5 heterocycles. The molecule has 0 aromatic carbocycles. The zero-order valence-corrected chi connectivity index (χ0v) is 17.9. The molecule has 3 unspecified atom stereocenters. The summed E-state index contributed by atoms with van der Waals surface area (Å²) in [6.45, 7) is 7.44. The second-order valence-corrected chi connectivity index (χ2v) is 8.82. The Balaban J connectivity index is 1.58. The van der Waals surface area contributed by atoms with Crippen LogP contribution in [0, 0.1) is 13.8 Å². The summed E-state index contributed by atoms with van der Waals surface area (Å²) in [6, 6.07) is 13.2. The van der Waals surface area contributed by atoms with Gasteiger partial charge in [-0.1, -0.05) is 24.8 Å². The zero-order valence-electron chi connectivity index (χ0n) is 17.1. The van der Waals surface area contributed by atoms with Crippen LogP contribution in [0.4, 0.5) is 0 Å². The topological polar surface area (TPSA) is 46.6 Å². The maximum Gasteiger partial charge on any atom is 0.160 e. The van der Waals surface area contributed by atoms with Crippen LogP contribution in [0.5, 0.6) is 0 Å². The van der Waals surface area contributed by atoms with Crippen LogP contribution in [0.2, 0.25) is 0 Å². The van der Waals surface area contributed by atoms with E-state index in [0.29, 0.717) is 6.04 Å². The van der Waals surface area contributed by atoms with Crippen molar-refractivity contribution < 1.29 is 4.42 Å². The third kappa shape index (κ3) is 3.10. The quantitative estimate of drug-likeness (QED) is 0.590. The van der Waals surface area contributed by atoms with E-state index in [1.165, 1.54) is 22.1 Å². The summed E-state index contributed by atoms with van der Waals surface area (Å²) in [6.07, 6.45) is 4.75. The molecule has 5 rings (SSSR count). The first-order valence-corrected chi connectivity index (χ1v) is 11.2. The molecular weight excluding hydrogens is 380 g/mol. The predicted molar refractivity (Wildman–Crippen MR) is 117 cm³/mol. The molecule has 3 aromatic rings. The molecule has 0 radical (unpaired) electrons. The minimum Gasteiger partial charge on any atom is -0.467 e. The molecule has 1 saturated heterocycles. The fourth-order valence-corrected chi connectivity index (χ4v) is 5.95. The average Bonchev–Trinajstić information content (AvgIpc) is 3.50. The number of fused-ring (bicyclic) bond motifs is 1. The summed E-state index contributed by atoms with van der Waals surface area (Å²) < 4.78 is 7.96. The van der Waals surface area contributed by atoms with Gasteiger partial charge >= 0.3 is 0 Å². The Morgan fingerprint density at radius 1 is 1.21 bits per heavy atom. The highest BCUT2D eigenvalue weighted by Crippen LogP contribution is 2.49. The van der Waals surface area contributed by atoms with Gasteiger partial charge < -0.3 is 13.9 Å². The van der Waals surface area contributed by atoms with E-state index in [1.807, 2.05) is 36.2 Å². The van der Waals surface area contributed by atoms with Crippen molar-refractivity contribution in [3.8, 4) is 0 Å². The van der Waals surface area contributed by atoms with Crippen molar-refractivity contribution in [2.45, 2.75) is 51.9 Å². The molecule has 0 saturated carbocycles. The van der Waals surface area contributed by atoms with Crippen LogP contribution >= 0.6 is 11.8 Å². The van der Waals surface area contributed by atoms with Crippen molar-refractivity contribution in [1.82, 2.24) is 14.5 Å². The van der Waals surface area contributed by atoms with Gasteiger partial charge in [-0.15, -0.1) is 0 Å². The number of rotatable bonds is 5. The first-order chi connectivity index (χ1) is 14.2. The lowest BCUT2D eigenvalue weighted by atomic mass is 9.95. The van der Waals surface area contributed by atoms with Gasteiger partial charge in [-0.3, -0.25) is 9.98 Å². The van der Waals surface area contributed by atoms with Gasteiger partial charge in [-0.2, -0.15) is 0 Å². The third-order valence-electron chi connectivity index (χ3n) is 6.15. The van der Waals surface area contributed by atoms with Gasteiger partial charge in [0.05, 0.1) is 24.5 Å². The minimum absolute atomic E-state index is 0.0330. The van der Waals surface area contributed by atoms with Gasteiger partial charge in [0.25, 0.3) is 0 Å². The summed E-state index contributed by atoms with van der Waals surface area (Å²) >= 11 is 1.89. The number of amidine groups is 1. The standard InChI is InChI=1S/C23H26N4OS/c1-4-17-14-29-23-25-21(20-9-5-6-10-24-20)22(27(17)23)19-12-15(2)26(16(19)3)13-18-8-7-11-28-18/h5-12,17,21-22H,4,13-14H2,1-3H3. The van der Waals surface area contributed by atoms with Gasteiger partial charge in [0, 0.05) is 29.4 Å². The molecule has 0 amide bonds. The van der Waals surface area contributed by atoms with E-state index in [9.17, 15) is 0 Å². The van der Waals surface area contributed by atoms with E-state index in [2.05, 4.69) is 53.4 Å². The first-order valence-electron chi connectivity index (χ1n) is 10.3. The predicted octanol–water partition coefficient (Wildman–Crippen LogP) is 5.12. The van der Waals surface area contributed by atoms with Crippen molar-refractivity contribution in [3.05, 3.63) is 77.3 Å². The van der Waals surface area contributed by atoms with Crippen molar-refractivity contribution >= 4 is 16.9 Å². The number of hydrogen-bond donors (Lipinski definition) is 0. The molecule has 0 N–H and O–H groups in total. The lowest BCUT2D eigenvalue weighted by Gasteiger charge is -2.32. The fourth-order valence-electron chi connectivity index (χ4n) is 4.62. The van der Waals surface area contributed by atoms with Crippen molar-refractivity contribution in [1.29, 1.82) is 0 Å². The normalized spacial score (nSPS) is 23.5. The van der Waals surface area contributed by atoms with E-state index >= 15 is 0 Å². The van der Waals surface area contributed by atoms with Crippen molar-refractivity contribution in [3.63, 3.8) is 0 Å². The van der Waals surface area contributed by atoms with Crippen LogP contribution < -0.4 is 0 Å². The van der Waals surface area contributed by atoms with E-state index in [4.69, 9.17) is 9.41 Å². The molecule has 6 heteroatoms.